The number of rotatable bonds is 6. The molecular weight excluding hydrogens is 284 g/mol. The van der Waals surface area contributed by atoms with Gasteiger partial charge in [0.05, 0.1) is 6.54 Å². The lowest BCUT2D eigenvalue weighted by molar-refractivity contribution is 0.298. The van der Waals surface area contributed by atoms with Gasteiger partial charge in [-0.3, -0.25) is 4.99 Å². The Labute approximate surface area is 139 Å². The van der Waals surface area contributed by atoms with Crippen molar-refractivity contribution in [3.8, 4) is 0 Å². The Morgan fingerprint density at radius 3 is 2.52 bits per heavy atom. The number of aryl methyl sites for hydroxylation is 1. The van der Waals surface area contributed by atoms with Crippen LogP contribution in [-0.2, 0) is 6.42 Å². The quantitative estimate of drug-likeness (QED) is 0.637. The number of hydrogen-bond acceptors (Lipinski definition) is 2. The van der Waals surface area contributed by atoms with Crippen LogP contribution >= 0.6 is 0 Å². The molecule has 0 bridgehead atoms. The molecule has 2 rings (SSSR count). The van der Waals surface area contributed by atoms with Crippen LogP contribution in [0.3, 0.4) is 0 Å². The van der Waals surface area contributed by atoms with E-state index < -0.39 is 0 Å². The Balaban J connectivity index is 1.96. The second-order valence-electron chi connectivity index (χ2n) is 6.03. The highest BCUT2D eigenvalue weighted by Gasteiger charge is 2.11. The van der Waals surface area contributed by atoms with Gasteiger partial charge in [0.15, 0.2) is 5.96 Å². The molecule has 0 heterocycles. The predicted octanol–water partition coefficient (Wildman–Crippen LogP) is 2.89. The van der Waals surface area contributed by atoms with E-state index in [0.29, 0.717) is 18.5 Å². The lowest BCUT2D eigenvalue weighted by Gasteiger charge is -2.23. The zero-order valence-electron chi connectivity index (χ0n) is 14.2. The van der Waals surface area contributed by atoms with E-state index in [4.69, 9.17) is 5.73 Å². The third-order valence-electron chi connectivity index (χ3n) is 3.81. The predicted molar refractivity (Wildman–Crippen MR) is 98.9 cm³/mol. The summed E-state index contributed by atoms with van der Waals surface area (Å²) < 4.78 is 0. The van der Waals surface area contributed by atoms with Crippen LogP contribution in [0.15, 0.2) is 59.6 Å². The fourth-order valence-electron chi connectivity index (χ4n) is 2.41. The Morgan fingerprint density at radius 2 is 1.87 bits per heavy atom. The molecule has 0 fully saturated rings. The first-order valence-electron chi connectivity index (χ1n) is 7.88. The Hall–Kier alpha value is -2.33. The molecule has 0 saturated carbocycles. The number of guanidine groups is 1. The van der Waals surface area contributed by atoms with Gasteiger partial charge in [-0.2, -0.15) is 0 Å². The summed E-state index contributed by atoms with van der Waals surface area (Å²) in [4.78, 5) is 6.70. The highest BCUT2D eigenvalue weighted by molar-refractivity contribution is 5.92. The van der Waals surface area contributed by atoms with Crippen molar-refractivity contribution in [1.82, 2.24) is 4.90 Å². The van der Waals surface area contributed by atoms with Crippen molar-refractivity contribution in [3.63, 3.8) is 0 Å². The van der Waals surface area contributed by atoms with Gasteiger partial charge in [-0.15, -0.1) is 0 Å². The molecule has 2 aromatic rings. The maximum absolute atomic E-state index is 6.02. The molecule has 0 saturated heterocycles. The van der Waals surface area contributed by atoms with Crippen LogP contribution in [-0.4, -0.2) is 37.5 Å². The summed E-state index contributed by atoms with van der Waals surface area (Å²) in [6.45, 7) is 2.72. The van der Waals surface area contributed by atoms with Gasteiger partial charge in [-0.05, 0) is 50.7 Å². The highest BCUT2D eigenvalue weighted by atomic mass is 15.1. The molecule has 3 N–H and O–H groups in total. The van der Waals surface area contributed by atoms with Gasteiger partial charge in [0, 0.05) is 11.7 Å². The molecular formula is C19H26N4. The summed E-state index contributed by atoms with van der Waals surface area (Å²) in [7, 11) is 4.15. The number of aliphatic imine (C=N–C) groups is 1. The normalized spacial score (nSPS) is 13.1. The zero-order valence-corrected chi connectivity index (χ0v) is 14.2. The smallest absolute Gasteiger partial charge is 0.193 e. The third-order valence-corrected chi connectivity index (χ3v) is 3.81. The molecule has 0 aliphatic heterocycles. The number of likely N-dealkylation sites (N-methyl/N-ethyl adjacent to an activating group) is 1. The lowest BCUT2D eigenvalue weighted by atomic mass is 10.1. The molecule has 0 aromatic heterocycles. The molecule has 4 nitrogen and oxygen atoms in total. The molecule has 2 aromatic carbocycles. The minimum absolute atomic E-state index is 0.315. The first-order valence-corrected chi connectivity index (χ1v) is 7.88. The highest BCUT2D eigenvalue weighted by Crippen LogP contribution is 2.10. The van der Waals surface area contributed by atoms with Crippen LogP contribution in [0.1, 0.15) is 11.1 Å². The second-order valence-corrected chi connectivity index (χ2v) is 6.03. The minimum Gasteiger partial charge on any atom is -0.370 e. The van der Waals surface area contributed by atoms with Crippen LogP contribution in [0.2, 0.25) is 0 Å². The van der Waals surface area contributed by atoms with Crippen molar-refractivity contribution in [2.45, 2.75) is 19.4 Å². The second kappa shape index (κ2) is 8.34. The van der Waals surface area contributed by atoms with Crippen molar-refractivity contribution in [1.29, 1.82) is 0 Å². The number of hydrogen-bond donors (Lipinski definition) is 2. The van der Waals surface area contributed by atoms with Crippen LogP contribution in [0.5, 0.6) is 0 Å². The fraction of sp³-hybridized carbons (Fsp3) is 0.316. The molecule has 1 unspecified atom stereocenters. The first kappa shape index (κ1) is 17.0. The summed E-state index contributed by atoms with van der Waals surface area (Å²) in [6, 6.07) is 18.9. The van der Waals surface area contributed by atoms with Gasteiger partial charge >= 0.3 is 0 Å². The van der Waals surface area contributed by atoms with E-state index in [0.717, 1.165) is 12.1 Å². The Morgan fingerprint density at radius 1 is 1.13 bits per heavy atom. The largest absolute Gasteiger partial charge is 0.370 e. The first-order chi connectivity index (χ1) is 11.0. The summed E-state index contributed by atoms with van der Waals surface area (Å²) in [6.07, 6.45) is 0.953. The maximum atomic E-state index is 6.02. The van der Waals surface area contributed by atoms with E-state index in [1.807, 2.05) is 18.2 Å². The van der Waals surface area contributed by atoms with Gasteiger partial charge < -0.3 is 16.0 Å². The van der Waals surface area contributed by atoms with Gasteiger partial charge in [0.1, 0.15) is 0 Å². The van der Waals surface area contributed by atoms with Crippen molar-refractivity contribution in [2.75, 3.05) is 26.0 Å². The van der Waals surface area contributed by atoms with Gasteiger partial charge in [-0.1, -0.05) is 42.5 Å². The van der Waals surface area contributed by atoms with E-state index in [1.54, 1.807) is 0 Å². The molecule has 0 amide bonds. The minimum atomic E-state index is 0.315. The van der Waals surface area contributed by atoms with Crippen LogP contribution in [0, 0.1) is 6.92 Å². The summed E-state index contributed by atoms with van der Waals surface area (Å²) in [5.74, 6) is 0.454. The Kier molecular flexibility index (Phi) is 6.18. The van der Waals surface area contributed by atoms with Crippen LogP contribution in [0.25, 0.3) is 0 Å². The maximum Gasteiger partial charge on any atom is 0.193 e. The SMILES string of the molecule is Cc1cccc(NC(N)=NCC(Cc2ccccc2)N(C)C)c1. The molecule has 4 heteroatoms. The van der Waals surface area contributed by atoms with Gasteiger partial charge in [-0.25, -0.2) is 0 Å². The van der Waals surface area contributed by atoms with E-state index >= 15 is 0 Å². The van der Waals surface area contributed by atoms with Crippen LogP contribution in [0.4, 0.5) is 5.69 Å². The van der Waals surface area contributed by atoms with E-state index in [2.05, 4.69) is 72.6 Å². The lowest BCUT2D eigenvalue weighted by Crippen LogP contribution is -2.34. The summed E-state index contributed by atoms with van der Waals surface area (Å²) in [5, 5.41) is 3.15. The molecule has 0 radical (unpaired) electrons. The molecule has 122 valence electrons. The van der Waals surface area contributed by atoms with Crippen molar-refractivity contribution in [3.05, 3.63) is 65.7 Å². The summed E-state index contributed by atoms with van der Waals surface area (Å²) in [5.41, 5.74) is 9.49. The van der Waals surface area contributed by atoms with E-state index in [9.17, 15) is 0 Å². The number of anilines is 1. The van der Waals surface area contributed by atoms with Crippen molar-refractivity contribution < 1.29 is 0 Å². The number of nitrogens with zero attached hydrogens (tertiary/aromatic N) is 2. The van der Waals surface area contributed by atoms with Gasteiger partial charge in [0.25, 0.3) is 0 Å². The number of benzene rings is 2. The van der Waals surface area contributed by atoms with Crippen LogP contribution < -0.4 is 11.1 Å². The van der Waals surface area contributed by atoms with Crippen molar-refractivity contribution in [2.24, 2.45) is 10.7 Å². The van der Waals surface area contributed by atoms with Gasteiger partial charge in [0.2, 0.25) is 0 Å². The van der Waals surface area contributed by atoms with E-state index in [-0.39, 0.29) is 0 Å². The topological polar surface area (TPSA) is 53.6 Å². The monoisotopic (exact) mass is 310 g/mol. The average Bonchev–Trinajstić information content (AvgIpc) is 2.52. The molecule has 0 spiro atoms. The third kappa shape index (κ3) is 5.75. The number of nitrogens with two attached hydrogens (primary N) is 1. The molecule has 23 heavy (non-hydrogen) atoms. The zero-order chi connectivity index (χ0) is 16.7. The Bertz CT molecular complexity index is 635. The summed E-state index contributed by atoms with van der Waals surface area (Å²) >= 11 is 0. The van der Waals surface area contributed by atoms with E-state index in [1.165, 1.54) is 11.1 Å². The average molecular weight is 310 g/mol. The molecule has 0 aliphatic carbocycles. The fourth-order valence-corrected chi connectivity index (χ4v) is 2.41. The van der Waals surface area contributed by atoms with Crippen molar-refractivity contribution >= 4 is 11.6 Å². The standard InChI is InChI=1S/C19H26N4/c1-15-8-7-11-17(12-15)22-19(20)21-14-18(23(2)3)13-16-9-5-4-6-10-16/h4-12,18H,13-14H2,1-3H3,(H3,20,21,22). The number of nitrogens with one attached hydrogen (secondary N) is 1. The molecule has 0 aliphatic rings. The molecule has 1 atom stereocenters.